The number of amides is 1. The third-order valence-corrected chi connectivity index (χ3v) is 5.36. The van der Waals surface area contributed by atoms with Crippen molar-refractivity contribution >= 4 is 27.3 Å². The van der Waals surface area contributed by atoms with Gasteiger partial charge in [0.15, 0.2) is 0 Å². The number of rotatable bonds is 4. The van der Waals surface area contributed by atoms with E-state index in [1.165, 1.54) is 0 Å². The molecule has 6 nitrogen and oxygen atoms in total. The first-order valence-corrected chi connectivity index (χ1v) is 9.95. The van der Waals surface area contributed by atoms with Gasteiger partial charge < -0.3 is 10.6 Å². The highest BCUT2D eigenvalue weighted by atomic mass is 32.2. The number of hydrogen-bond acceptors (Lipinski definition) is 4. The van der Waals surface area contributed by atoms with Gasteiger partial charge in [0.1, 0.15) is 0 Å². The van der Waals surface area contributed by atoms with Gasteiger partial charge in [-0.2, -0.15) is 0 Å². The van der Waals surface area contributed by atoms with Crippen molar-refractivity contribution in [1.29, 1.82) is 0 Å². The zero-order valence-electron chi connectivity index (χ0n) is 15.1. The predicted molar refractivity (Wildman–Crippen MR) is 103 cm³/mol. The van der Waals surface area contributed by atoms with Crippen LogP contribution in [0.25, 0.3) is 0 Å². The lowest BCUT2D eigenvalue weighted by Gasteiger charge is -2.20. The third-order valence-electron chi connectivity index (χ3n) is 3.98. The first kappa shape index (κ1) is 18.3. The van der Waals surface area contributed by atoms with Gasteiger partial charge >= 0.3 is 0 Å². The Bertz CT molecular complexity index is 929. The lowest BCUT2D eigenvalue weighted by molar-refractivity contribution is 0.0919. The summed E-state index contributed by atoms with van der Waals surface area (Å²) in [6.45, 7) is 6.53. The van der Waals surface area contributed by atoms with Gasteiger partial charge in [0, 0.05) is 29.0 Å². The second kappa shape index (κ2) is 6.64. The quantitative estimate of drug-likeness (QED) is 0.769. The van der Waals surface area contributed by atoms with E-state index >= 15 is 0 Å². The topological polar surface area (TPSA) is 87.3 Å². The molecule has 2 aromatic rings. The van der Waals surface area contributed by atoms with Crippen molar-refractivity contribution in [2.24, 2.45) is 0 Å². The fourth-order valence-electron chi connectivity index (χ4n) is 2.76. The highest BCUT2D eigenvalue weighted by Gasteiger charge is 2.19. The van der Waals surface area contributed by atoms with Crippen LogP contribution in [0.3, 0.4) is 0 Å². The smallest absolute Gasteiger partial charge is 0.261 e. The first-order chi connectivity index (χ1) is 12.1. The van der Waals surface area contributed by atoms with E-state index in [1.54, 1.807) is 42.5 Å². The molecular formula is C19H23N3O3S. The molecule has 0 saturated heterocycles. The molecule has 0 radical (unpaired) electrons. The van der Waals surface area contributed by atoms with Crippen molar-refractivity contribution in [1.82, 2.24) is 5.32 Å². The molecule has 0 saturated carbocycles. The van der Waals surface area contributed by atoms with Gasteiger partial charge in [0.25, 0.3) is 15.9 Å². The summed E-state index contributed by atoms with van der Waals surface area (Å²) in [7, 11) is -3.68. The van der Waals surface area contributed by atoms with Gasteiger partial charge in [0.05, 0.1) is 4.90 Å². The molecule has 3 N–H and O–H groups in total. The Labute approximate surface area is 154 Å². The Morgan fingerprint density at radius 1 is 1.08 bits per heavy atom. The minimum Gasteiger partial charge on any atom is -0.384 e. The molecule has 1 aliphatic rings. The van der Waals surface area contributed by atoms with Crippen molar-refractivity contribution in [3.8, 4) is 0 Å². The van der Waals surface area contributed by atoms with Crippen LogP contribution in [-0.2, 0) is 16.4 Å². The van der Waals surface area contributed by atoms with Crippen LogP contribution in [0.15, 0.2) is 47.4 Å². The van der Waals surface area contributed by atoms with E-state index in [-0.39, 0.29) is 16.3 Å². The van der Waals surface area contributed by atoms with Gasteiger partial charge in [-0.1, -0.05) is 0 Å². The number of hydrogen-bond donors (Lipinski definition) is 3. The highest BCUT2D eigenvalue weighted by Crippen LogP contribution is 2.26. The summed E-state index contributed by atoms with van der Waals surface area (Å²) >= 11 is 0. The van der Waals surface area contributed by atoms with Crippen LogP contribution in [0.2, 0.25) is 0 Å². The summed E-state index contributed by atoms with van der Waals surface area (Å²) in [6.07, 6.45) is 0.816. The van der Waals surface area contributed by atoms with E-state index in [9.17, 15) is 13.2 Å². The number of carbonyl (C=O) groups is 1. The molecule has 0 spiro atoms. The number of carbonyl (C=O) groups excluding carboxylic acids is 1. The van der Waals surface area contributed by atoms with Gasteiger partial charge in [-0.15, -0.1) is 0 Å². The van der Waals surface area contributed by atoms with Gasteiger partial charge in [-0.05, 0) is 75.2 Å². The molecule has 0 bridgehead atoms. The zero-order valence-corrected chi connectivity index (χ0v) is 15.9. The highest BCUT2D eigenvalue weighted by molar-refractivity contribution is 7.92. The van der Waals surface area contributed by atoms with Gasteiger partial charge in [-0.25, -0.2) is 8.42 Å². The maximum Gasteiger partial charge on any atom is 0.261 e. The number of benzene rings is 2. The monoisotopic (exact) mass is 373 g/mol. The van der Waals surface area contributed by atoms with Gasteiger partial charge in [0.2, 0.25) is 0 Å². The maximum absolute atomic E-state index is 12.6. The minimum absolute atomic E-state index is 0.196. The van der Waals surface area contributed by atoms with Crippen LogP contribution in [-0.4, -0.2) is 26.4 Å². The summed E-state index contributed by atoms with van der Waals surface area (Å²) in [5.41, 5.74) is 2.54. The molecular weight excluding hydrogens is 350 g/mol. The molecule has 0 aromatic heterocycles. The molecule has 1 heterocycles. The number of nitrogens with one attached hydrogen (secondary N) is 3. The Balaban J connectivity index is 1.75. The lowest BCUT2D eigenvalue weighted by Crippen LogP contribution is -2.40. The summed E-state index contributed by atoms with van der Waals surface area (Å²) < 4.78 is 27.8. The summed E-state index contributed by atoms with van der Waals surface area (Å²) in [5, 5.41) is 6.08. The average molecular weight is 373 g/mol. The van der Waals surface area contributed by atoms with E-state index in [4.69, 9.17) is 0 Å². The Morgan fingerprint density at radius 2 is 1.77 bits per heavy atom. The molecule has 0 unspecified atom stereocenters. The van der Waals surface area contributed by atoms with Crippen LogP contribution in [0.5, 0.6) is 0 Å². The lowest BCUT2D eigenvalue weighted by atomic mass is 10.1. The van der Waals surface area contributed by atoms with E-state index in [0.717, 1.165) is 24.2 Å². The number of anilines is 2. The first-order valence-electron chi connectivity index (χ1n) is 8.46. The summed E-state index contributed by atoms with van der Waals surface area (Å²) in [6, 6.07) is 11.5. The summed E-state index contributed by atoms with van der Waals surface area (Å²) in [5.74, 6) is -0.196. The third kappa shape index (κ3) is 4.16. The van der Waals surface area contributed by atoms with Crippen LogP contribution < -0.4 is 15.4 Å². The molecule has 0 fully saturated rings. The number of sulfonamides is 1. The number of fused-ring (bicyclic) bond motifs is 1. The van der Waals surface area contributed by atoms with Crippen LogP contribution in [0.4, 0.5) is 11.4 Å². The van der Waals surface area contributed by atoms with Crippen LogP contribution in [0, 0.1) is 0 Å². The fourth-order valence-corrected chi connectivity index (χ4v) is 3.87. The van der Waals surface area contributed by atoms with Crippen molar-refractivity contribution in [2.45, 2.75) is 37.6 Å². The molecule has 0 aliphatic carbocycles. The Hall–Kier alpha value is -2.54. The van der Waals surface area contributed by atoms with Gasteiger partial charge in [-0.3, -0.25) is 9.52 Å². The zero-order chi connectivity index (χ0) is 18.9. The molecule has 0 atom stereocenters. The van der Waals surface area contributed by atoms with E-state index in [1.807, 2.05) is 20.8 Å². The summed E-state index contributed by atoms with van der Waals surface area (Å²) in [4.78, 5) is 12.4. The van der Waals surface area contributed by atoms with Crippen LogP contribution in [0.1, 0.15) is 36.7 Å². The second-order valence-corrected chi connectivity index (χ2v) is 9.07. The predicted octanol–water partition coefficient (Wildman–Crippen LogP) is 2.98. The van der Waals surface area contributed by atoms with Crippen molar-refractivity contribution in [2.75, 3.05) is 16.6 Å². The molecule has 3 rings (SSSR count). The van der Waals surface area contributed by atoms with Crippen molar-refractivity contribution in [3.05, 3.63) is 53.6 Å². The Kier molecular flexibility index (Phi) is 4.66. The van der Waals surface area contributed by atoms with E-state index in [0.29, 0.717) is 11.3 Å². The molecule has 1 amide bonds. The molecule has 26 heavy (non-hydrogen) atoms. The largest absolute Gasteiger partial charge is 0.384 e. The molecule has 2 aromatic carbocycles. The fraction of sp³-hybridized carbons (Fsp3) is 0.316. The normalized spacial score (nSPS) is 13.7. The Morgan fingerprint density at radius 3 is 2.42 bits per heavy atom. The molecule has 138 valence electrons. The van der Waals surface area contributed by atoms with Crippen molar-refractivity contribution < 1.29 is 13.2 Å². The second-order valence-electron chi connectivity index (χ2n) is 7.38. The minimum atomic E-state index is -3.68. The SMILES string of the molecule is CC(C)(C)NC(=O)c1ccc(NS(=O)(=O)c2ccc3c(c2)CCN3)cc1. The maximum atomic E-state index is 12.6. The van der Waals surface area contributed by atoms with E-state index in [2.05, 4.69) is 15.4 Å². The standard InChI is InChI=1S/C19H23N3O3S/c1-19(2,3)21-18(23)13-4-6-15(7-5-13)22-26(24,25)16-8-9-17-14(12-16)10-11-20-17/h4-9,12,20,22H,10-11H2,1-3H3,(H,21,23). The van der Waals surface area contributed by atoms with E-state index < -0.39 is 10.0 Å². The van der Waals surface area contributed by atoms with Crippen molar-refractivity contribution in [3.63, 3.8) is 0 Å². The molecule has 7 heteroatoms. The average Bonchev–Trinajstić information content (AvgIpc) is 3.01. The van der Waals surface area contributed by atoms with Crippen LogP contribution >= 0.6 is 0 Å². The molecule has 1 aliphatic heterocycles.